The lowest BCUT2D eigenvalue weighted by Gasteiger charge is -2.03. The number of halogens is 2. The van der Waals surface area contributed by atoms with E-state index in [2.05, 4.69) is 28.5 Å². The van der Waals surface area contributed by atoms with Gasteiger partial charge in [0.05, 0.1) is 10.0 Å². The summed E-state index contributed by atoms with van der Waals surface area (Å²) in [4.78, 5) is 4.39. The molecular weight excluding hydrogens is 277 g/mol. The Kier molecular flexibility index (Phi) is 3.86. The molecule has 90 valence electrons. The van der Waals surface area contributed by atoms with Crippen LogP contribution in [0.2, 0.25) is 10.0 Å². The van der Waals surface area contributed by atoms with Crippen LogP contribution in [0.1, 0.15) is 13.8 Å². The Morgan fingerprint density at radius 3 is 2.65 bits per heavy atom. The van der Waals surface area contributed by atoms with Gasteiger partial charge in [-0.2, -0.15) is 9.36 Å². The molecule has 2 aromatic rings. The normalized spacial score (nSPS) is 10.9. The molecule has 1 aromatic heterocycles. The largest absolute Gasteiger partial charge is 0.358 e. The van der Waals surface area contributed by atoms with E-state index in [1.165, 1.54) is 11.5 Å². The molecule has 0 fully saturated rings. The second-order valence-electron chi connectivity index (χ2n) is 3.85. The average Bonchev–Trinajstić information content (AvgIpc) is 2.69. The highest BCUT2D eigenvalue weighted by Gasteiger charge is 2.08. The molecule has 0 aliphatic rings. The third kappa shape index (κ3) is 3.09. The molecule has 1 N–H and O–H groups in total. The highest BCUT2D eigenvalue weighted by molar-refractivity contribution is 7.09. The fourth-order valence-corrected chi connectivity index (χ4v) is 2.31. The molecular formula is C11H11Cl2N3S. The lowest BCUT2D eigenvalue weighted by atomic mass is 10.2. The van der Waals surface area contributed by atoms with Crippen LogP contribution in [0.3, 0.4) is 0 Å². The van der Waals surface area contributed by atoms with Gasteiger partial charge in [0.1, 0.15) is 0 Å². The Morgan fingerprint density at radius 1 is 1.24 bits per heavy atom. The van der Waals surface area contributed by atoms with Gasteiger partial charge >= 0.3 is 0 Å². The number of anilines is 1. The fraction of sp³-hybridized carbons (Fsp3) is 0.273. The van der Waals surface area contributed by atoms with Crippen LogP contribution < -0.4 is 5.32 Å². The van der Waals surface area contributed by atoms with Crippen LogP contribution in [0.15, 0.2) is 18.2 Å². The maximum absolute atomic E-state index is 5.96. The smallest absolute Gasteiger partial charge is 0.203 e. The predicted octanol–water partition coefficient (Wildman–Crippen LogP) is 4.33. The summed E-state index contributed by atoms with van der Waals surface area (Å²) in [6.45, 7) is 4.11. The van der Waals surface area contributed by atoms with E-state index in [9.17, 15) is 0 Å². The molecule has 0 radical (unpaired) electrons. The Balaban J connectivity index is 2.27. The quantitative estimate of drug-likeness (QED) is 0.913. The van der Waals surface area contributed by atoms with Crippen LogP contribution in [-0.2, 0) is 0 Å². The Bertz CT molecular complexity index is 525. The summed E-state index contributed by atoms with van der Waals surface area (Å²) in [5, 5.41) is 5.06. The first kappa shape index (κ1) is 12.6. The molecule has 0 bridgehead atoms. The summed E-state index contributed by atoms with van der Waals surface area (Å²) < 4.78 is 4.28. The topological polar surface area (TPSA) is 37.8 Å². The van der Waals surface area contributed by atoms with Crippen LogP contribution in [-0.4, -0.2) is 15.4 Å². The van der Waals surface area contributed by atoms with Crippen LogP contribution in [0.25, 0.3) is 11.4 Å². The molecule has 17 heavy (non-hydrogen) atoms. The van der Waals surface area contributed by atoms with E-state index in [4.69, 9.17) is 23.2 Å². The van der Waals surface area contributed by atoms with Crippen molar-refractivity contribution in [3.63, 3.8) is 0 Å². The van der Waals surface area contributed by atoms with Gasteiger partial charge in [-0.25, -0.2) is 0 Å². The van der Waals surface area contributed by atoms with E-state index in [-0.39, 0.29) is 0 Å². The summed E-state index contributed by atoms with van der Waals surface area (Å²) in [6.07, 6.45) is 0. The molecule has 0 spiro atoms. The molecule has 1 heterocycles. The molecule has 1 aromatic carbocycles. The van der Waals surface area contributed by atoms with Crippen molar-refractivity contribution >= 4 is 39.9 Å². The second-order valence-corrected chi connectivity index (χ2v) is 5.42. The predicted molar refractivity (Wildman–Crippen MR) is 74.1 cm³/mol. The van der Waals surface area contributed by atoms with Crippen molar-refractivity contribution in [2.24, 2.45) is 0 Å². The van der Waals surface area contributed by atoms with E-state index in [0.29, 0.717) is 21.9 Å². The van der Waals surface area contributed by atoms with E-state index < -0.39 is 0 Å². The number of rotatable bonds is 3. The van der Waals surface area contributed by atoms with Gasteiger partial charge in [0.15, 0.2) is 5.82 Å². The first-order chi connectivity index (χ1) is 8.06. The highest BCUT2D eigenvalue weighted by atomic mass is 35.5. The molecule has 3 nitrogen and oxygen atoms in total. The first-order valence-electron chi connectivity index (χ1n) is 5.12. The zero-order valence-electron chi connectivity index (χ0n) is 9.37. The third-order valence-electron chi connectivity index (χ3n) is 2.02. The molecule has 0 aliphatic carbocycles. The number of hydrogen-bond acceptors (Lipinski definition) is 4. The Labute approximate surface area is 114 Å². The van der Waals surface area contributed by atoms with Gasteiger partial charge in [-0.1, -0.05) is 23.2 Å². The van der Waals surface area contributed by atoms with E-state index in [1.807, 2.05) is 6.07 Å². The molecule has 0 saturated heterocycles. The van der Waals surface area contributed by atoms with E-state index >= 15 is 0 Å². The lowest BCUT2D eigenvalue weighted by molar-refractivity contribution is 0.896. The molecule has 0 atom stereocenters. The fourth-order valence-electron chi connectivity index (χ4n) is 1.28. The van der Waals surface area contributed by atoms with Crippen LogP contribution in [0.4, 0.5) is 5.13 Å². The van der Waals surface area contributed by atoms with E-state index in [1.54, 1.807) is 12.1 Å². The summed E-state index contributed by atoms with van der Waals surface area (Å²) >= 11 is 13.1. The first-order valence-corrected chi connectivity index (χ1v) is 6.65. The SMILES string of the molecule is CC(C)Nc1nc(-c2ccc(Cl)c(Cl)c2)ns1. The summed E-state index contributed by atoms with van der Waals surface area (Å²) in [5.74, 6) is 0.664. The third-order valence-corrected chi connectivity index (χ3v) is 3.40. The number of hydrogen-bond donors (Lipinski definition) is 1. The number of aromatic nitrogens is 2. The number of nitrogens with one attached hydrogen (secondary N) is 1. The van der Waals surface area contributed by atoms with Crippen LogP contribution in [0.5, 0.6) is 0 Å². The Morgan fingerprint density at radius 2 is 2.00 bits per heavy atom. The van der Waals surface area contributed by atoms with Crippen LogP contribution >= 0.6 is 34.7 Å². The maximum atomic E-state index is 5.96. The highest BCUT2D eigenvalue weighted by Crippen LogP contribution is 2.28. The van der Waals surface area contributed by atoms with Crippen molar-refractivity contribution in [3.8, 4) is 11.4 Å². The number of nitrogens with zero attached hydrogens (tertiary/aromatic N) is 2. The van der Waals surface area contributed by atoms with E-state index in [0.717, 1.165) is 10.7 Å². The second kappa shape index (κ2) is 5.21. The Hall–Kier alpha value is -0.840. The van der Waals surface area contributed by atoms with Crippen molar-refractivity contribution in [2.75, 3.05) is 5.32 Å². The van der Waals surface area contributed by atoms with Gasteiger partial charge in [-0.05, 0) is 32.0 Å². The standard InChI is InChI=1S/C11H11Cl2N3S/c1-6(2)14-11-15-10(16-17-11)7-3-4-8(12)9(13)5-7/h3-6H,1-2H3,(H,14,15,16). The zero-order valence-corrected chi connectivity index (χ0v) is 11.7. The van der Waals surface area contributed by atoms with Gasteiger partial charge in [0, 0.05) is 23.1 Å². The molecule has 0 saturated carbocycles. The molecule has 0 unspecified atom stereocenters. The van der Waals surface area contributed by atoms with Gasteiger partial charge in [0.25, 0.3) is 0 Å². The van der Waals surface area contributed by atoms with Gasteiger partial charge in [0.2, 0.25) is 5.13 Å². The van der Waals surface area contributed by atoms with Crippen LogP contribution in [0, 0.1) is 0 Å². The number of benzene rings is 1. The molecule has 0 amide bonds. The van der Waals surface area contributed by atoms with Crippen molar-refractivity contribution in [1.29, 1.82) is 0 Å². The minimum Gasteiger partial charge on any atom is -0.358 e. The minimum atomic E-state index is 0.338. The zero-order chi connectivity index (χ0) is 12.4. The monoisotopic (exact) mass is 287 g/mol. The molecule has 2 rings (SSSR count). The van der Waals surface area contributed by atoms with Gasteiger partial charge in [-0.3, -0.25) is 0 Å². The van der Waals surface area contributed by atoms with Gasteiger partial charge < -0.3 is 5.32 Å². The molecule has 0 aliphatic heterocycles. The molecule has 6 heteroatoms. The summed E-state index contributed by atoms with van der Waals surface area (Å²) in [7, 11) is 0. The average molecular weight is 288 g/mol. The van der Waals surface area contributed by atoms with Crippen molar-refractivity contribution in [2.45, 2.75) is 19.9 Å². The summed E-state index contributed by atoms with van der Waals surface area (Å²) in [5.41, 5.74) is 0.868. The minimum absolute atomic E-state index is 0.338. The van der Waals surface area contributed by atoms with Crippen molar-refractivity contribution in [1.82, 2.24) is 9.36 Å². The van der Waals surface area contributed by atoms with Crippen molar-refractivity contribution in [3.05, 3.63) is 28.2 Å². The lowest BCUT2D eigenvalue weighted by Crippen LogP contribution is -2.08. The maximum Gasteiger partial charge on any atom is 0.203 e. The van der Waals surface area contributed by atoms with Gasteiger partial charge in [-0.15, -0.1) is 0 Å². The van der Waals surface area contributed by atoms with Crippen molar-refractivity contribution < 1.29 is 0 Å². The summed E-state index contributed by atoms with van der Waals surface area (Å²) in [6, 6.07) is 5.71.